The van der Waals surface area contributed by atoms with Gasteiger partial charge in [0.05, 0.1) is 16.7 Å². The minimum absolute atomic E-state index is 0.157. The fourth-order valence-corrected chi connectivity index (χ4v) is 6.18. The summed E-state index contributed by atoms with van der Waals surface area (Å²) in [6, 6.07) is 6.32. The summed E-state index contributed by atoms with van der Waals surface area (Å²) in [5.41, 5.74) is 1.03. The Morgan fingerprint density at radius 1 is 1.26 bits per heavy atom. The van der Waals surface area contributed by atoms with Crippen LogP contribution in [0.1, 0.15) is 51.0 Å². The highest BCUT2D eigenvalue weighted by Crippen LogP contribution is 2.57. The van der Waals surface area contributed by atoms with E-state index in [0.717, 1.165) is 47.9 Å². The highest BCUT2D eigenvalue weighted by molar-refractivity contribution is 9.10. The molecular weight excluding hydrogens is 354 g/mol. The summed E-state index contributed by atoms with van der Waals surface area (Å²) in [7, 11) is 0. The molecular formula is C19H26BrNO2. The average Bonchev–Trinajstić information content (AvgIpc) is 2.45. The van der Waals surface area contributed by atoms with Crippen LogP contribution in [0.4, 0.5) is 0 Å². The Balaban J connectivity index is 1.46. The molecule has 3 nitrogen and oxygen atoms in total. The number of rotatable bonds is 5. The van der Waals surface area contributed by atoms with Gasteiger partial charge in [-0.15, -0.1) is 0 Å². The molecule has 1 aromatic rings. The SMILES string of the molecule is CCOc1ccc(CNC23CC4CC(CC(O)(C4)C2)C3)cc1Br. The summed E-state index contributed by atoms with van der Waals surface area (Å²) < 4.78 is 6.60. The van der Waals surface area contributed by atoms with Gasteiger partial charge in [-0.3, -0.25) is 0 Å². The van der Waals surface area contributed by atoms with Gasteiger partial charge >= 0.3 is 0 Å². The monoisotopic (exact) mass is 379 g/mol. The largest absolute Gasteiger partial charge is 0.493 e. The van der Waals surface area contributed by atoms with E-state index in [4.69, 9.17) is 4.74 Å². The fourth-order valence-electron chi connectivity index (χ4n) is 5.64. The molecule has 0 amide bonds. The van der Waals surface area contributed by atoms with Gasteiger partial charge in [0.2, 0.25) is 0 Å². The highest BCUT2D eigenvalue weighted by atomic mass is 79.9. The Labute approximate surface area is 146 Å². The van der Waals surface area contributed by atoms with Crippen LogP contribution < -0.4 is 10.1 Å². The standard InChI is InChI=1S/C19H26BrNO2/c1-2-23-17-4-3-13(6-16(17)20)11-21-18-7-14-5-15(8-18)10-19(22,9-14)12-18/h3-4,6,14-15,21-22H,2,5,7-12H2,1H3. The van der Waals surface area contributed by atoms with Crippen molar-refractivity contribution in [2.24, 2.45) is 11.8 Å². The second kappa shape index (κ2) is 5.75. The average molecular weight is 380 g/mol. The van der Waals surface area contributed by atoms with Gasteiger partial charge in [-0.1, -0.05) is 6.07 Å². The normalized spacial score (nSPS) is 38.0. The third-order valence-corrected chi connectivity index (χ3v) is 6.61. The molecule has 126 valence electrons. The van der Waals surface area contributed by atoms with Crippen LogP contribution in [0.2, 0.25) is 0 Å². The summed E-state index contributed by atoms with van der Waals surface area (Å²) in [4.78, 5) is 0. The van der Waals surface area contributed by atoms with E-state index >= 15 is 0 Å². The molecule has 4 aliphatic carbocycles. The van der Waals surface area contributed by atoms with Crippen LogP contribution in [0.15, 0.2) is 22.7 Å². The number of hydrogen-bond donors (Lipinski definition) is 2. The quantitative estimate of drug-likeness (QED) is 0.811. The van der Waals surface area contributed by atoms with Crippen molar-refractivity contribution in [3.05, 3.63) is 28.2 Å². The number of ether oxygens (including phenoxy) is 1. The molecule has 4 bridgehead atoms. The lowest BCUT2D eigenvalue weighted by Crippen LogP contribution is -2.64. The molecule has 2 unspecified atom stereocenters. The number of aliphatic hydroxyl groups is 1. The van der Waals surface area contributed by atoms with Crippen molar-refractivity contribution < 1.29 is 9.84 Å². The van der Waals surface area contributed by atoms with Crippen molar-refractivity contribution in [2.75, 3.05) is 6.61 Å². The van der Waals surface area contributed by atoms with Crippen molar-refractivity contribution in [1.29, 1.82) is 0 Å². The molecule has 1 aromatic carbocycles. The van der Waals surface area contributed by atoms with E-state index in [9.17, 15) is 5.11 Å². The van der Waals surface area contributed by atoms with E-state index in [2.05, 4.69) is 33.4 Å². The summed E-state index contributed by atoms with van der Waals surface area (Å²) >= 11 is 3.60. The lowest BCUT2D eigenvalue weighted by molar-refractivity contribution is -0.142. The first-order chi connectivity index (χ1) is 11.0. The summed E-state index contributed by atoms with van der Waals surface area (Å²) in [5, 5.41) is 14.7. The van der Waals surface area contributed by atoms with E-state index in [1.165, 1.54) is 24.8 Å². The van der Waals surface area contributed by atoms with Crippen molar-refractivity contribution in [2.45, 2.75) is 63.1 Å². The molecule has 4 aliphatic rings. The zero-order valence-corrected chi connectivity index (χ0v) is 15.4. The zero-order valence-electron chi connectivity index (χ0n) is 13.8. The first-order valence-corrected chi connectivity index (χ1v) is 9.67. The number of nitrogens with one attached hydrogen (secondary N) is 1. The summed E-state index contributed by atoms with van der Waals surface area (Å²) in [5.74, 6) is 2.35. The van der Waals surface area contributed by atoms with Gasteiger partial charge in [-0.2, -0.15) is 0 Å². The maximum absolute atomic E-state index is 10.8. The molecule has 0 radical (unpaired) electrons. The Morgan fingerprint density at radius 2 is 2.00 bits per heavy atom. The van der Waals surface area contributed by atoms with Gasteiger partial charge in [-0.25, -0.2) is 0 Å². The minimum atomic E-state index is -0.392. The van der Waals surface area contributed by atoms with Gasteiger partial charge < -0.3 is 15.2 Å². The lowest BCUT2D eigenvalue weighted by Gasteiger charge is -2.60. The first-order valence-electron chi connectivity index (χ1n) is 8.88. The second-order valence-corrected chi connectivity index (χ2v) is 8.87. The van der Waals surface area contributed by atoms with E-state index in [0.29, 0.717) is 6.61 Å². The number of halogens is 1. The van der Waals surface area contributed by atoms with E-state index in [1.54, 1.807) is 0 Å². The van der Waals surface area contributed by atoms with Gasteiger partial charge in [0.1, 0.15) is 5.75 Å². The van der Waals surface area contributed by atoms with Crippen LogP contribution in [-0.2, 0) is 6.54 Å². The molecule has 23 heavy (non-hydrogen) atoms. The Morgan fingerprint density at radius 3 is 2.61 bits per heavy atom. The van der Waals surface area contributed by atoms with E-state index in [1.807, 2.05) is 13.0 Å². The van der Waals surface area contributed by atoms with Gasteiger partial charge in [0.15, 0.2) is 0 Å². The maximum Gasteiger partial charge on any atom is 0.133 e. The highest BCUT2D eigenvalue weighted by Gasteiger charge is 2.56. The van der Waals surface area contributed by atoms with Crippen LogP contribution in [-0.4, -0.2) is 22.9 Å². The van der Waals surface area contributed by atoms with Gasteiger partial charge in [0.25, 0.3) is 0 Å². The Kier molecular flexibility index (Phi) is 3.98. The molecule has 4 heteroatoms. The second-order valence-electron chi connectivity index (χ2n) is 8.02. The van der Waals surface area contributed by atoms with Gasteiger partial charge in [-0.05, 0) is 90.9 Å². The Bertz CT molecular complexity index is 589. The van der Waals surface area contributed by atoms with Crippen LogP contribution >= 0.6 is 15.9 Å². The van der Waals surface area contributed by atoms with Crippen LogP contribution in [0.5, 0.6) is 5.75 Å². The zero-order chi connectivity index (χ0) is 16.1. The first kappa shape index (κ1) is 15.9. The molecule has 2 N–H and O–H groups in total. The number of benzene rings is 1. The van der Waals surface area contributed by atoms with E-state index in [-0.39, 0.29) is 5.54 Å². The molecule has 0 aliphatic heterocycles. The molecule has 0 heterocycles. The molecule has 2 atom stereocenters. The predicted octanol–water partition coefficient (Wildman–Crippen LogP) is 4.02. The molecule has 0 saturated heterocycles. The summed E-state index contributed by atoms with van der Waals surface area (Å²) in [6.45, 7) is 3.54. The van der Waals surface area contributed by atoms with Crippen molar-refractivity contribution >= 4 is 15.9 Å². The topological polar surface area (TPSA) is 41.5 Å². The molecule has 0 aromatic heterocycles. The van der Waals surface area contributed by atoms with E-state index < -0.39 is 5.60 Å². The minimum Gasteiger partial charge on any atom is -0.493 e. The van der Waals surface area contributed by atoms with Crippen molar-refractivity contribution in [3.8, 4) is 5.75 Å². The molecule has 5 rings (SSSR count). The van der Waals surface area contributed by atoms with Crippen molar-refractivity contribution in [3.63, 3.8) is 0 Å². The smallest absolute Gasteiger partial charge is 0.133 e. The predicted molar refractivity (Wildman–Crippen MR) is 94.5 cm³/mol. The lowest BCUT2D eigenvalue weighted by atomic mass is 9.51. The van der Waals surface area contributed by atoms with Gasteiger partial charge in [0, 0.05) is 12.1 Å². The summed E-state index contributed by atoms with van der Waals surface area (Å²) in [6.07, 6.45) is 6.81. The molecule has 4 fully saturated rings. The fraction of sp³-hybridized carbons (Fsp3) is 0.684. The third-order valence-electron chi connectivity index (χ3n) is 5.99. The third kappa shape index (κ3) is 3.06. The number of hydrogen-bond acceptors (Lipinski definition) is 3. The maximum atomic E-state index is 10.8. The van der Waals surface area contributed by atoms with Crippen LogP contribution in [0.25, 0.3) is 0 Å². The van der Waals surface area contributed by atoms with Crippen LogP contribution in [0, 0.1) is 11.8 Å². The van der Waals surface area contributed by atoms with Crippen molar-refractivity contribution in [1.82, 2.24) is 5.32 Å². The molecule has 0 spiro atoms. The van der Waals surface area contributed by atoms with Crippen LogP contribution in [0.3, 0.4) is 0 Å². The molecule has 4 saturated carbocycles. The Hall–Kier alpha value is -0.580.